The molecule has 2 heterocycles. The summed E-state index contributed by atoms with van der Waals surface area (Å²) in [5.41, 5.74) is -4.24. The first-order valence-electron chi connectivity index (χ1n) is 10.7. The van der Waals surface area contributed by atoms with Gasteiger partial charge in [0.1, 0.15) is 5.82 Å². The summed E-state index contributed by atoms with van der Waals surface area (Å²) in [5, 5.41) is 8.44. The Hall–Kier alpha value is -4.56. The number of pyridine rings is 1. The van der Waals surface area contributed by atoms with Gasteiger partial charge in [-0.05, 0) is 54.6 Å². The number of rotatable bonds is 4. The van der Waals surface area contributed by atoms with Crippen LogP contribution < -0.4 is 10.6 Å². The number of hydrogen-bond acceptors (Lipinski definition) is 3. The van der Waals surface area contributed by atoms with E-state index in [0.29, 0.717) is 17.7 Å². The Balaban J connectivity index is 1.68. The zero-order valence-electron chi connectivity index (χ0n) is 19.1. The molecule has 0 atom stereocenters. The molecule has 2 aromatic heterocycles. The second-order valence-corrected chi connectivity index (χ2v) is 7.98. The smallest absolute Gasteiger partial charge is 0.308 e. The third-order valence-corrected chi connectivity index (χ3v) is 5.21. The molecule has 0 unspecified atom stereocenters. The highest BCUT2D eigenvalue weighted by Gasteiger charge is 2.37. The molecule has 0 aliphatic carbocycles. The molecule has 0 radical (unpaired) electrons. The first-order chi connectivity index (χ1) is 18.1. The molecule has 0 bridgehead atoms. The predicted molar refractivity (Wildman–Crippen MR) is 121 cm³/mol. The fourth-order valence-corrected chi connectivity index (χ4v) is 3.43. The van der Waals surface area contributed by atoms with Crippen LogP contribution in [-0.2, 0) is 18.5 Å². The molecule has 4 aromatic rings. The molecule has 0 saturated carbocycles. The topological polar surface area (TPSA) is 71.8 Å². The summed E-state index contributed by atoms with van der Waals surface area (Å²) < 4.78 is 119. The summed E-state index contributed by atoms with van der Waals surface area (Å²) in [7, 11) is 0. The van der Waals surface area contributed by atoms with Gasteiger partial charge >= 0.3 is 24.6 Å². The second kappa shape index (κ2) is 9.96. The van der Waals surface area contributed by atoms with Gasteiger partial charge in [-0.25, -0.2) is 9.48 Å². The number of amides is 2. The number of anilines is 2. The quantitative estimate of drug-likeness (QED) is 0.253. The molecule has 2 N–H and O–H groups in total. The lowest BCUT2D eigenvalue weighted by molar-refractivity contribution is -0.143. The summed E-state index contributed by atoms with van der Waals surface area (Å²) in [5.74, 6) is -0.151. The predicted octanol–water partition coefficient (Wildman–Crippen LogP) is 7.63. The molecular weight excluding hydrogens is 545 g/mol. The van der Waals surface area contributed by atoms with E-state index in [1.807, 2.05) is 5.32 Å². The van der Waals surface area contributed by atoms with E-state index in [4.69, 9.17) is 0 Å². The largest absolute Gasteiger partial charge is 0.416 e. The van der Waals surface area contributed by atoms with Crippen molar-refractivity contribution in [3.8, 4) is 16.9 Å². The number of alkyl halides is 9. The van der Waals surface area contributed by atoms with E-state index >= 15 is 0 Å². The molecule has 0 spiro atoms. The maximum atomic E-state index is 13.1. The minimum absolute atomic E-state index is 0.0667. The molecule has 39 heavy (non-hydrogen) atoms. The number of halogens is 9. The zero-order chi connectivity index (χ0) is 28.6. The summed E-state index contributed by atoms with van der Waals surface area (Å²) in [6, 6.07) is 7.39. The summed E-state index contributed by atoms with van der Waals surface area (Å²) in [6.07, 6.45) is -12.0. The summed E-state index contributed by atoms with van der Waals surface area (Å²) in [4.78, 5) is 16.5. The number of urea groups is 1. The van der Waals surface area contributed by atoms with Crippen LogP contribution >= 0.6 is 0 Å². The van der Waals surface area contributed by atoms with E-state index < -0.39 is 46.9 Å². The van der Waals surface area contributed by atoms with Crippen LogP contribution in [0.5, 0.6) is 0 Å². The minimum Gasteiger partial charge on any atom is -0.308 e. The van der Waals surface area contributed by atoms with Crippen molar-refractivity contribution in [2.45, 2.75) is 18.5 Å². The minimum atomic E-state index is -5.13. The summed E-state index contributed by atoms with van der Waals surface area (Å²) in [6.45, 7) is 0. The molecule has 6 nitrogen and oxygen atoms in total. The zero-order valence-corrected chi connectivity index (χ0v) is 19.1. The number of carbonyl (C=O) groups excluding carboxylic acids is 1. The maximum absolute atomic E-state index is 13.1. The lowest BCUT2D eigenvalue weighted by Gasteiger charge is -2.15. The first-order valence-corrected chi connectivity index (χ1v) is 10.7. The number of nitrogens with one attached hydrogen (secondary N) is 2. The maximum Gasteiger partial charge on any atom is 0.416 e. The normalized spacial score (nSPS) is 12.3. The van der Waals surface area contributed by atoms with Gasteiger partial charge in [-0.2, -0.15) is 44.6 Å². The number of aromatic nitrogens is 3. The van der Waals surface area contributed by atoms with Crippen LogP contribution in [0.1, 0.15) is 16.7 Å². The van der Waals surface area contributed by atoms with Crippen molar-refractivity contribution in [1.82, 2.24) is 14.8 Å². The molecule has 0 aliphatic rings. The van der Waals surface area contributed by atoms with E-state index in [1.54, 1.807) is 12.1 Å². The molecule has 4 rings (SSSR count). The van der Waals surface area contributed by atoms with Crippen molar-refractivity contribution in [1.29, 1.82) is 0 Å². The van der Waals surface area contributed by atoms with Gasteiger partial charge in [-0.1, -0.05) is 0 Å². The van der Waals surface area contributed by atoms with E-state index in [0.717, 1.165) is 28.9 Å². The third-order valence-electron chi connectivity index (χ3n) is 5.21. The molecule has 204 valence electrons. The Morgan fingerprint density at radius 1 is 0.667 bits per heavy atom. The number of benzene rings is 2. The van der Waals surface area contributed by atoms with Crippen LogP contribution in [0.3, 0.4) is 0 Å². The van der Waals surface area contributed by atoms with Crippen LogP contribution in [0.4, 0.5) is 55.8 Å². The van der Waals surface area contributed by atoms with Crippen LogP contribution in [-0.4, -0.2) is 20.8 Å². The van der Waals surface area contributed by atoms with Gasteiger partial charge in [0.25, 0.3) is 0 Å². The molecule has 15 heteroatoms. The Morgan fingerprint density at radius 2 is 1.21 bits per heavy atom. The lowest BCUT2D eigenvalue weighted by atomic mass is 10.1. The van der Waals surface area contributed by atoms with Gasteiger partial charge in [0.05, 0.1) is 28.1 Å². The highest BCUT2D eigenvalue weighted by Crippen LogP contribution is 2.38. The fraction of sp³-hybridized carbons (Fsp3) is 0.125. The standard InChI is InChI=1S/C24H14F9N5O/c25-22(26,27)14-1-3-18(4-2-14)38-20(12-19(37-38)13-5-7-34-8-6-13)36-21(39)35-17-10-15(23(28,29)30)9-16(11-17)24(31,32)33/h1-12H,(H2,35,36,39). The number of carbonyl (C=O) groups is 1. The highest BCUT2D eigenvalue weighted by molar-refractivity contribution is 5.99. The van der Waals surface area contributed by atoms with Crippen molar-refractivity contribution in [2.24, 2.45) is 0 Å². The first kappa shape index (κ1) is 27.5. The third kappa shape index (κ3) is 6.48. The van der Waals surface area contributed by atoms with Crippen molar-refractivity contribution < 1.29 is 44.3 Å². The van der Waals surface area contributed by atoms with E-state index in [9.17, 15) is 44.3 Å². The van der Waals surface area contributed by atoms with E-state index in [-0.39, 0.29) is 23.3 Å². The SMILES string of the molecule is O=C(Nc1cc(C(F)(F)F)cc(C(F)(F)F)c1)Nc1cc(-c2ccncc2)nn1-c1ccc(C(F)(F)F)cc1. The molecule has 0 aliphatic heterocycles. The Labute approximate surface area is 213 Å². The molecule has 2 aromatic carbocycles. The second-order valence-electron chi connectivity index (χ2n) is 7.98. The van der Waals surface area contributed by atoms with Gasteiger partial charge in [-0.15, -0.1) is 0 Å². The molecule has 2 amide bonds. The van der Waals surface area contributed by atoms with Crippen molar-refractivity contribution in [3.05, 3.63) is 89.7 Å². The molecular formula is C24H14F9N5O. The van der Waals surface area contributed by atoms with Gasteiger partial charge in [0, 0.05) is 29.7 Å². The van der Waals surface area contributed by atoms with Crippen LogP contribution in [0.2, 0.25) is 0 Å². The highest BCUT2D eigenvalue weighted by atomic mass is 19.4. The van der Waals surface area contributed by atoms with Crippen molar-refractivity contribution >= 4 is 17.5 Å². The average Bonchev–Trinajstić information content (AvgIpc) is 3.26. The van der Waals surface area contributed by atoms with E-state index in [2.05, 4.69) is 15.4 Å². The van der Waals surface area contributed by atoms with E-state index in [1.165, 1.54) is 18.5 Å². The summed E-state index contributed by atoms with van der Waals surface area (Å²) >= 11 is 0. The number of nitrogens with zero attached hydrogens (tertiary/aromatic N) is 3. The molecule has 0 fully saturated rings. The van der Waals surface area contributed by atoms with Crippen molar-refractivity contribution in [2.75, 3.05) is 10.6 Å². The van der Waals surface area contributed by atoms with Gasteiger partial charge in [0.2, 0.25) is 0 Å². The fourth-order valence-electron chi connectivity index (χ4n) is 3.43. The van der Waals surface area contributed by atoms with Crippen LogP contribution in [0.15, 0.2) is 73.1 Å². The van der Waals surface area contributed by atoms with Gasteiger partial charge in [0.15, 0.2) is 0 Å². The van der Waals surface area contributed by atoms with Gasteiger partial charge < -0.3 is 5.32 Å². The van der Waals surface area contributed by atoms with Gasteiger partial charge in [-0.3, -0.25) is 10.3 Å². The monoisotopic (exact) mass is 559 g/mol. The Bertz CT molecular complexity index is 1440. The van der Waals surface area contributed by atoms with Crippen molar-refractivity contribution in [3.63, 3.8) is 0 Å². The lowest BCUT2D eigenvalue weighted by Crippen LogP contribution is -2.22. The number of hydrogen-bond donors (Lipinski definition) is 2. The van der Waals surface area contributed by atoms with Crippen LogP contribution in [0, 0.1) is 0 Å². The Morgan fingerprint density at radius 3 is 1.72 bits per heavy atom. The average molecular weight is 559 g/mol. The molecule has 0 saturated heterocycles. The van der Waals surface area contributed by atoms with Crippen LogP contribution in [0.25, 0.3) is 16.9 Å². The Kier molecular flexibility index (Phi) is 7.02.